The maximum atomic E-state index is 11.6. The molecule has 2 rings (SSSR count). The molecule has 0 aromatic rings. The number of carbonyl (C=O) groups excluding carboxylic acids is 1. The van der Waals surface area contributed by atoms with E-state index < -0.39 is 0 Å². The van der Waals surface area contributed by atoms with Crippen LogP contribution in [0.2, 0.25) is 0 Å². The van der Waals surface area contributed by atoms with Gasteiger partial charge in [0.15, 0.2) is 0 Å². The highest BCUT2D eigenvalue weighted by atomic mass is 16.5. The standard InChI is InChI=1S/C10H17NO2/c1-7(2)8-10(9(12)11-8)3-5-13-6-4-10/h7-8H,3-6H2,1-2H3,(H,11,12). The molecule has 74 valence electrons. The number of rotatable bonds is 1. The molecule has 0 aromatic carbocycles. The highest BCUT2D eigenvalue weighted by Gasteiger charge is 2.55. The number of hydrogen-bond donors (Lipinski definition) is 1. The lowest BCUT2D eigenvalue weighted by atomic mass is 9.64. The maximum Gasteiger partial charge on any atom is 0.228 e. The molecule has 0 saturated carbocycles. The molecule has 2 heterocycles. The minimum absolute atomic E-state index is 0.0770. The third-order valence-corrected chi connectivity index (χ3v) is 3.39. The molecule has 2 fully saturated rings. The van der Waals surface area contributed by atoms with E-state index in [1.54, 1.807) is 0 Å². The molecule has 3 heteroatoms. The molecule has 1 N–H and O–H groups in total. The Balaban J connectivity index is 2.13. The van der Waals surface area contributed by atoms with Crippen molar-refractivity contribution in [3.05, 3.63) is 0 Å². The largest absolute Gasteiger partial charge is 0.381 e. The second-order valence-corrected chi connectivity index (χ2v) is 4.46. The van der Waals surface area contributed by atoms with E-state index in [0.717, 1.165) is 26.1 Å². The van der Waals surface area contributed by atoms with Gasteiger partial charge in [0.25, 0.3) is 0 Å². The summed E-state index contributed by atoms with van der Waals surface area (Å²) < 4.78 is 5.30. The second-order valence-electron chi connectivity index (χ2n) is 4.46. The van der Waals surface area contributed by atoms with E-state index in [4.69, 9.17) is 4.74 Å². The van der Waals surface area contributed by atoms with Crippen LogP contribution in [-0.2, 0) is 9.53 Å². The average Bonchev–Trinajstić information content (AvgIpc) is 2.15. The predicted octanol–water partition coefficient (Wildman–Crippen LogP) is 0.938. The summed E-state index contributed by atoms with van der Waals surface area (Å²) in [5.41, 5.74) is -0.0770. The maximum absolute atomic E-state index is 11.6. The summed E-state index contributed by atoms with van der Waals surface area (Å²) in [6.07, 6.45) is 1.81. The van der Waals surface area contributed by atoms with Crippen LogP contribution in [0.1, 0.15) is 26.7 Å². The Morgan fingerprint density at radius 1 is 1.46 bits per heavy atom. The molecule has 1 amide bonds. The van der Waals surface area contributed by atoms with Gasteiger partial charge in [-0.05, 0) is 18.8 Å². The van der Waals surface area contributed by atoms with Gasteiger partial charge in [-0.25, -0.2) is 0 Å². The number of ether oxygens (including phenoxy) is 1. The molecule has 1 spiro atoms. The van der Waals surface area contributed by atoms with Crippen LogP contribution < -0.4 is 5.32 Å². The SMILES string of the molecule is CC(C)C1NC(=O)C12CCOCC2. The first kappa shape index (κ1) is 9.00. The van der Waals surface area contributed by atoms with Gasteiger partial charge >= 0.3 is 0 Å². The molecule has 2 saturated heterocycles. The van der Waals surface area contributed by atoms with Gasteiger partial charge in [-0.15, -0.1) is 0 Å². The zero-order valence-electron chi connectivity index (χ0n) is 8.30. The number of nitrogens with one attached hydrogen (secondary N) is 1. The Bertz CT molecular complexity index is 219. The Morgan fingerprint density at radius 2 is 2.08 bits per heavy atom. The lowest BCUT2D eigenvalue weighted by Crippen LogP contribution is -2.70. The molecule has 0 aromatic heterocycles. The van der Waals surface area contributed by atoms with Crippen LogP contribution in [0.25, 0.3) is 0 Å². The summed E-state index contributed by atoms with van der Waals surface area (Å²) in [6, 6.07) is 0.379. The first-order valence-corrected chi connectivity index (χ1v) is 5.05. The van der Waals surface area contributed by atoms with Gasteiger partial charge in [0.1, 0.15) is 0 Å². The fourth-order valence-electron chi connectivity index (χ4n) is 2.57. The van der Waals surface area contributed by atoms with Crippen molar-refractivity contribution in [2.24, 2.45) is 11.3 Å². The van der Waals surface area contributed by atoms with Crippen molar-refractivity contribution >= 4 is 5.91 Å². The summed E-state index contributed by atoms with van der Waals surface area (Å²) >= 11 is 0. The molecule has 0 aliphatic carbocycles. The van der Waals surface area contributed by atoms with Crippen LogP contribution >= 0.6 is 0 Å². The Kier molecular flexibility index (Phi) is 2.06. The van der Waals surface area contributed by atoms with Crippen LogP contribution in [0.3, 0.4) is 0 Å². The van der Waals surface area contributed by atoms with E-state index in [0.29, 0.717) is 12.0 Å². The second kappa shape index (κ2) is 2.98. The van der Waals surface area contributed by atoms with E-state index in [-0.39, 0.29) is 11.3 Å². The summed E-state index contributed by atoms with van der Waals surface area (Å²) in [5.74, 6) is 0.783. The van der Waals surface area contributed by atoms with Gasteiger partial charge in [-0.3, -0.25) is 4.79 Å². The number of hydrogen-bond acceptors (Lipinski definition) is 2. The van der Waals surface area contributed by atoms with Crippen LogP contribution in [-0.4, -0.2) is 25.2 Å². The Morgan fingerprint density at radius 3 is 2.54 bits per heavy atom. The fraction of sp³-hybridized carbons (Fsp3) is 0.900. The third-order valence-electron chi connectivity index (χ3n) is 3.39. The quantitative estimate of drug-likeness (QED) is 0.614. The summed E-state index contributed by atoms with van der Waals surface area (Å²) in [7, 11) is 0. The molecule has 0 bridgehead atoms. The van der Waals surface area contributed by atoms with Gasteiger partial charge in [0, 0.05) is 19.3 Å². The topological polar surface area (TPSA) is 38.3 Å². The number of carbonyl (C=O) groups is 1. The minimum atomic E-state index is -0.0770. The van der Waals surface area contributed by atoms with Crippen molar-refractivity contribution in [1.29, 1.82) is 0 Å². The summed E-state index contributed by atoms with van der Waals surface area (Å²) in [6.45, 7) is 5.83. The van der Waals surface area contributed by atoms with E-state index >= 15 is 0 Å². The molecule has 2 aliphatic rings. The highest BCUT2D eigenvalue weighted by molar-refractivity contribution is 5.90. The van der Waals surface area contributed by atoms with Gasteiger partial charge in [0.05, 0.1) is 5.41 Å². The number of β-lactam (4-membered cyclic amide) rings is 1. The normalized spacial score (nSPS) is 31.6. The first-order chi connectivity index (χ1) is 6.17. The van der Waals surface area contributed by atoms with Crippen LogP contribution in [0.15, 0.2) is 0 Å². The first-order valence-electron chi connectivity index (χ1n) is 5.05. The summed E-state index contributed by atoms with van der Waals surface area (Å²) in [5, 5.41) is 3.01. The molecule has 3 nitrogen and oxygen atoms in total. The van der Waals surface area contributed by atoms with Crippen molar-refractivity contribution in [1.82, 2.24) is 5.32 Å². The molecule has 13 heavy (non-hydrogen) atoms. The van der Waals surface area contributed by atoms with Gasteiger partial charge in [-0.2, -0.15) is 0 Å². The van der Waals surface area contributed by atoms with Crippen LogP contribution in [0, 0.1) is 11.3 Å². The van der Waals surface area contributed by atoms with Crippen molar-refractivity contribution in [3.63, 3.8) is 0 Å². The zero-order chi connectivity index (χ0) is 9.47. The molecule has 2 aliphatic heterocycles. The van der Waals surface area contributed by atoms with E-state index in [1.807, 2.05) is 0 Å². The van der Waals surface area contributed by atoms with Crippen LogP contribution in [0.4, 0.5) is 0 Å². The van der Waals surface area contributed by atoms with Crippen molar-refractivity contribution < 1.29 is 9.53 Å². The summed E-state index contributed by atoms with van der Waals surface area (Å²) in [4.78, 5) is 11.6. The molecular formula is C10H17NO2. The molecule has 1 atom stereocenters. The lowest BCUT2D eigenvalue weighted by molar-refractivity contribution is -0.158. The van der Waals surface area contributed by atoms with E-state index in [2.05, 4.69) is 19.2 Å². The monoisotopic (exact) mass is 183 g/mol. The van der Waals surface area contributed by atoms with E-state index in [1.165, 1.54) is 0 Å². The van der Waals surface area contributed by atoms with Gasteiger partial charge in [0.2, 0.25) is 5.91 Å². The fourth-order valence-corrected chi connectivity index (χ4v) is 2.57. The lowest BCUT2D eigenvalue weighted by Gasteiger charge is -2.52. The zero-order valence-corrected chi connectivity index (χ0v) is 8.30. The molecule has 0 radical (unpaired) electrons. The highest BCUT2D eigenvalue weighted by Crippen LogP contribution is 2.43. The van der Waals surface area contributed by atoms with Crippen LogP contribution in [0.5, 0.6) is 0 Å². The Labute approximate surface area is 78.8 Å². The number of amides is 1. The van der Waals surface area contributed by atoms with E-state index in [9.17, 15) is 4.79 Å². The van der Waals surface area contributed by atoms with Gasteiger partial charge in [-0.1, -0.05) is 13.8 Å². The van der Waals surface area contributed by atoms with Gasteiger partial charge < -0.3 is 10.1 Å². The predicted molar refractivity (Wildman–Crippen MR) is 49.3 cm³/mol. The average molecular weight is 183 g/mol. The molecule has 1 unspecified atom stereocenters. The van der Waals surface area contributed by atoms with Crippen molar-refractivity contribution in [3.8, 4) is 0 Å². The minimum Gasteiger partial charge on any atom is -0.381 e. The van der Waals surface area contributed by atoms with Crippen molar-refractivity contribution in [2.45, 2.75) is 32.7 Å². The molecular weight excluding hydrogens is 166 g/mol. The van der Waals surface area contributed by atoms with Crippen molar-refractivity contribution in [2.75, 3.05) is 13.2 Å². The smallest absolute Gasteiger partial charge is 0.228 e. The Hall–Kier alpha value is -0.570. The third kappa shape index (κ3) is 1.17.